The van der Waals surface area contributed by atoms with Crippen molar-refractivity contribution >= 4 is 55.0 Å². The van der Waals surface area contributed by atoms with Gasteiger partial charge in [0.05, 0.1) is 0 Å². The molecule has 0 rings (SSSR count). The normalized spacial score (nSPS) is 1.60. The van der Waals surface area contributed by atoms with Gasteiger partial charge in [-0.1, -0.05) is 0 Å². The van der Waals surface area contributed by atoms with E-state index < -0.39 is 0 Å². The minimum atomic E-state index is 0. The first-order valence-electron chi connectivity index (χ1n) is 0.408. The summed E-state index contributed by atoms with van der Waals surface area (Å²) in [6.45, 7) is 0. The van der Waals surface area contributed by atoms with Gasteiger partial charge in [0.1, 0.15) is 0 Å². The van der Waals surface area contributed by atoms with Crippen LogP contribution in [0.5, 0.6) is 0 Å². The maximum absolute atomic E-state index is 8.12. The first kappa shape index (κ1) is 16.8. The SMILES string of the molecule is O=C=O.[Ba+2].[O-2]. The van der Waals surface area contributed by atoms with Crippen LogP contribution in [0.25, 0.3) is 0 Å². The summed E-state index contributed by atoms with van der Waals surface area (Å²) >= 11 is 0. The Morgan fingerprint density at radius 2 is 1.20 bits per heavy atom. The zero-order chi connectivity index (χ0) is 2.71. The van der Waals surface area contributed by atoms with Crippen LogP contribution in [-0.4, -0.2) is 55.0 Å². The van der Waals surface area contributed by atoms with Crippen molar-refractivity contribution < 1.29 is 15.1 Å². The Labute approximate surface area is 69.1 Å². The van der Waals surface area contributed by atoms with E-state index >= 15 is 0 Å². The van der Waals surface area contributed by atoms with Crippen molar-refractivity contribution in [1.29, 1.82) is 0 Å². The Hall–Kier alpha value is 0.911. The third kappa shape index (κ3) is 50.1. The zero-order valence-electron chi connectivity index (χ0n) is 2.43. The molecule has 0 unspecified atom stereocenters. The van der Waals surface area contributed by atoms with Gasteiger partial charge in [-0.15, -0.1) is 0 Å². The van der Waals surface area contributed by atoms with Gasteiger partial charge >= 0.3 is 55.0 Å². The van der Waals surface area contributed by atoms with E-state index in [1.54, 1.807) is 0 Å². The summed E-state index contributed by atoms with van der Waals surface area (Å²) in [5.41, 5.74) is 0. The van der Waals surface area contributed by atoms with E-state index in [1.165, 1.54) is 0 Å². The molecule has 0 atom stereocenters. The van der Waals surface area contributed by atoms with Crippen molar-refractivity contribution in [1.82, 2.24) is 0 Å². The van der Waals surface area contributed by atoms with Gasteiger partial charge in [0, 0.05) is 0 Å². The molecule has 0 heterocycles. The van der Waals surface area contributed by atoms with Gasteiger partial charge in [-0.25, -0.2) is 0 Å². The molecule has 0 aliphatic rings. The molecule has 0 radical (unpaired) electrons. The van der Waals surface area contributed by atoms with Gasteiger partial charge in [-0.05, 0) is 0 Å². The largest absolute Gasteiger partial charge is 2.00 e. The molecule has 0 N–H and O–H groups in total. The maximum Gasteiger partial charge on any atom is 2.00 e. The van der Waals surface area contributed by atoms with Crippen molar-refractivity contribution in [2.24, 2.45) is 0 Å². The fourth-order valence-corrected chi connectivity index (χ4v) is 0. The molecular weight excluding hydrogens is 197 g/mol. The molecule has 0 amide bonds. The molecule has 0 aromatic heterocycles. The van der Waals surface area contributed by atoms with Crippen molar-refractivity contribution in [3.63, 3.8) is 0 Å². The molecule has 5 heavy (non-hydrogen) atoms. The van der Waals surface area contributed by atoms with Gasteiger partial charge in [0.2, 0.25) is 0 Å². The van der Waals surface area contributed by atoms with E-state index in [1.807, 2.05) is 0 Å². The molecule has 0 saturated carbocycles. The molecular formula is CBaO3. The molecule has 4 heteroatoms. The minimum Gasteiger partial charge on any atom is -2.00 e. The van der Waals surface area contributed by atoms with E-state index in [-0.39, 0.29) is 60.5 Å². The molecule has 0 aromatic carbocycles. The Morgan fingerprint density at radius 3 is 1.20 bits per heavy atom. The summed E-state index contributed by atoms with van der Waals surface area (Å²) in [4.78, 5) is 16.2. The van der Waals surface area contributed by atoms with Crippen LogP contribution in [0, 0.1) is 0 Å². The summed E-state index contributed by atoms with van der Waals surface area (Å²) in [6, 6.07) is 0. The second kappa shape index (κ2) is 20.6. The molecule has 0 fully saturated rings. The van der Waals surface area contributed by atoms with Crippen LogP contribution in [0.4, 0.5) is 0 Å². The van der Waals surface area contributed by atoms with Gasteiger partial charge in [0.25, 0.3) is 0 Å². The fourth-order valence-electron chi connectivity index (χ4n) is 0. The topological polar surface area (TPSA) is 62.6 Å². The molecule has 0 saturated heterocycles. The number of hydrogen-bond donors (Lipinski definition) is 0. The Bertz CT molecular complexity index is 27.9. The second-order valence-electron chi connectivity index (χ2n) is 0.0833. The number of carbonyl (C=O) groups excluding carboxylic acids is 2. The van der Waals surface area contributed by atoms with Gasteiger partial charge < -0.3 is 5.48 Å². The third-order valence-electron chi connectivity index (χ3n) is 0. The molecule has 0 aliphatic carbocycles. The summed E-state index contributed by atoms with van der Waals surface area (Å²) in [7, 11) is 0. The molecule has 24 valence electrons. The van der Waals surface area contributed by atoms with Crippen LogP contribution < -0.4 is 0 Å². The smallest absolute Gasteiger partial charge is 2.00 e. The average Bonchev–Trinajstić information content (AvgIpc) is 0.918. The van der Waals surface area contributed by atoms with E-state index in [4.69, 9.17) is 9.59 Å². The van der Waals surface area contributed by atoms with Crippen LogP contribution in [0.15, 0.2) is 0 Å². The van der Waals surface area contributed by atoms with E-state index in [0.717, 1.165) is 0 Å². The van der Waals surface area contributed by atoms with Crippen molar-refractivity contribution in [2.45, 2.75) is 0 Å². The maximum atomic E-state index is 8.12. The average molecular weight is 197 g/mol. The summed E-state index contributed by atoms with van der Waals surface area (Å²) in [6.07, 6.45) is 0.250. The minimum absolute atomic E-state index is 0. The van der Waals surface area contributed by atoms with Crippen LogP contribution in [-0.2, 0) is 15.1 Å². The Morgan fingerprint density at radius 1 is 1.20 bits per heavy atom. The second-order valence-corrected chi connectivity index (χ2v) is 0.0833. The van der Waals surface area contributed by atoms with Crippen molar-refractivity contribution in [3.05, 3.63) is 0 Å². The van der Waals surface area contributed by atoms with E-state index in [0.29, 0.717) is 0 Å². The summed E-state index contributed by atoms with van der Waals surface area (Å²) in [5, 5.41) is 0. The van der Waals surface area contributed by atoms with Crippen LogP contribution in [0.2, 0.25) is 0 Å². The Balaban J connectivity index is -0.0000000200. The predicted molar refractivity (Wildman–Crippen MR) is 11.4 cm³/mol. The predicted octanol–water partition coefficient (Wildman–Crippen LogP) is -1.08. The molecule has 3 nitrogen and oxygen atoms in total. The number of rotatable bonds is 0. The molecule has 0 aromatic rings. The molecule has 0 aliphatic heterocycles. The van der Waals surface area contributed by atoms with Gasteiger partial charge in [0.15, 0.2) is 0 Å². The zero-order valence-corrected chi connectivity index (χ0v) is 6.87. The number of hydrogen-bond acceptors (Lipinski definition) is 2. The Kier molecular flexibility index (Phi) is 69.2. The standard InChI is InChI=1S/CO2.Ba.O/c2-1-3;;/q;+2;-2. The van der Waals surface area contributed by atoms with Crippen LogP contribution >= 0.6 is 0 Å². The first-order chi connectivity index (χ1) is 1.41. The van der Waals surface area contributed by atoms with Crippen molar-refractivity contribution in [3.8, 4) is 0 Å². The quantitative estimate of drug-likeness (QED) is 0.464. The summed E-state index contributed by atoms with van der Waals surface area (Å²) < 4.78 is 0. The molecule has 0 bridgehead atoms. The van der Waals surface area contributed by atoms with E-state index in [9.17, 15) is 0 Å². The molecule has 0 spiro atoms. The van der Waals surface area contributed by atoms with Gasteiger partial charge in [-0.2, -0.15) is 9.59 Å². The van der Waals surface area contributed by atoms with Crippen LogP contribution in [0.3, 0.4) is 0 Å². The van der Waals surface area contributed by atoms with Crippen LogP contribution in [0.1, 0.15) is 0 Å². The fraction of sp³-hybridized carbons (Fsp3) is 0. The van der Waals surface area contributed by atoms with Crippen molar-refractivity contribution in [2.75, 3.05) is 0 Å². The van der Waals surface area contributed by atoms with Gasteiger partial charge in [-0.3, -0.25) is 0 Å². The van der Waals surface area contributed by atoms with E-state index in [2.05, 4.69) is 0 Å². The summed E-state index contributed by atoms with van der Waals surface area (Å²) in [5.74, 6) is 0. The first-order valence-corrected chi connectivity index (χ1v) is 0.408. The third-order valence-corrected chi connectivity index (χ3v) is 0. The monoisotopic (exact) mass is 198 g/mol.